The van der Waals surface area contributed by atoms with E-state index in [0.717, 1.165) is 18.0 Å². The van der Waals surface area contributed by atoms with Gasteiger partial charge in [0.25, 0.3) is 5.91 Å². The molecule has 2 heterocycles. The van der Waals surface area contributed by atoms with Gasteiger partial charge in [-0.15, -0.1) is 0 Å². The number of alkyl halides is 3. The maximum atomic E-state index is 15.3. The molecule has 1 saturated heterocycles. The van der Waals surface area contributed by atoms with Gasteiger partial charge in [0.05, 0.1) is 11.5 Å². The van der Waals surface area contributed by atoms with Gasteiger partial charge in [0, 0.05) is 42.7 Å². The summed E-state index contributed by atoms with van der Waals surface area (Å²) in [7, 11) is 1.02. The Balaban J connectivity index is 1.70. The van der Waals surface area contributed by atoms with Crippen molar-refractivity contribution in [3.63, 3.8) is 0 Å². The van der Waals surface area contributed by atoms with E-state index in [2.05, 4.69) is 5.32 Å². The fourth-order valence-corrected chi connectivity index (χ4v) is 5.54. The number of likely N-dealkylation sites (N-methyl/N-ethyl adjacent to an activating group) is 1. The van der Waals surface area contributed by atoms with Gasteiger partial charge < -0.3 is 15.1 Å². The number of aryl methyl sites for hydroxylation is 1. The topological polar surface area (TPSA) is 93.5 Å². The van der Waals surface area contributed by atoms with Crippen LogP contribution in [-0.2, 0) is 25.7 Å². The quantitative estimate of drug-likeness (QED) is 0.553. The van der Waals surface area contributed by atoms with Gasteiger partial charge in [-0.05, 0) is 50.6 Å². The van der Waals surface area contributed by atoms with Crippen molar-refractivity contribution in [3.8, 4) is 6.07 Å². The summed E-state index contributed by atoms with van der Waals surface area (Å²) in [6, 6.07) is 9.26. The van der Waals surface area contributed by atoms with Crippen molar-refractivity contribution >= 4 is 35.0 Å². The highest BCUT2D eigenvalue weighted by atomic mass is 35.5. The zero-order valence-corrected chi connectivity index (χ0v) is 22.7. The largest absolute Gasteiger partial charge is 0.349 e. The number of nitrogens with zero attached hydrogens (tertiary/aromatic N) is 3. The number of nitriles is 1. The van der Waals surface area contributed by atoms with E-state index in [1.807, 2.05) is 6.07 Å². The standard InChI is InChI=1S/C28H28ClF3N4O3/c1-16-6-5-7-17(10-16)28(31,32)25(39)35(4)22(13-26(2,3)30)23(37)36-15-27(12-19(36)14-33)20-11-18(29)8-9-21(20)34-24(27)38/h5-11,19,22H,12-13,15H2,1-4H3,(H,34,38)/t19-,22-,27-/m0/s1. The van der Waals surface area contributed by atoms with Gasteiger partial charge in [0.2, 0.25) is 11.8 Å². The molecule has 0 aromatic heterocycles. The highest BCUT2D eigenvalue weighted by molar-refractivity contribution is 6.31. The second-order valence-corrected chi connectivity index (χ2v) is 11.3. The van der Waals surface area contributed by atoms with Gasteiger partial charge in [-0.25, -0.2) is 4.39 Å². The van der Waals surface area contributed by atoms with E-state index >= 15 is 8.78 Å². The maximum Gasteiger partial charge on any atom is 0.349 e. The van der Waals surface area contributed by atoms with Gasteiger partial charge in [0.15, 0.2) is 0 Å². The molecule has 2 aliphatic heterocycles. The number of carbonyl (C=O) groups excluding carboxylic acids is 3. The highest BCUT2D eigenvalue weighted by Gasteiger charge is 2.57. The van der Waals surface area contributed by atoms with Crippen LogP contribution in [0.4, 0.5) is 18.9 Å². The number of amides is 3. The molecule has 0 saturated carbocycles. The number of nitrogens with one attached hydrogen (secondary N) is 1. The monoisotopic (exact) mass is 560 g/mol. The van der Waals surface area contributed by atoms with E-state index < -0.39 is 58.8 Å². The summed E-state index contributed by atoms with van der Waals surface area (Å²) >= 11 is 6.16. The molecule has 2 aliphatic rings. The molecule has 4 rings (SSSR count). The van der Waals surface area contributed by atoms with E-state index in [0.29, 0.717) is 26.7 Å². The molecular weight excluding hydrogens is 533 g/mol. The lowest BCUT2D eigenvalue weighted by atomic mass is 9.80. The number of likely N-dealkylation sites (tertiary alicyclic amines) is 1. The molecule has 2 aromatic carbocycles. The van der Waals surface area contributed by atoms with E-state index in [4.69, 9.17) is 11.6 Å². The molecule has 0 bridgehead atoms. The first-order valence-corrected chi connectivity index (χ1v) is 12.7. The lowest BCUT2D eigenvalue weighted by Gasteiger charge is -2.36. The van der Waals surface area contributed by atoms with Crippen molar-refractivity contribution in [3.05, 3.63) is 64.2 Å². The molecule has 3 atom stereocenters. The lowest BCUT2D eigenvalue weighted by Crippen LogP contribution is -2.55. The SMILES string of the molecule is Cc1cccc(C(F)(F)C(=O)N(C)[C@@H](CC(C)(C)F)C(=O)N2C[C@]3(C[C@H]2C#N)C(=O)Nc2ccc(Cl)cc23)c1. The zero-order valence-electron chi connectivity index (χ0n) is 21.9. The van der Waals surface area contributed by atoms with Crippen LogP contribution in [0, 0.1) is 18.3 Å². The van der Waals surface area contributed by atoms with Crippen molar-refractivity contribution in [1.82, 2.24) is 9.80 Å². The Kier molecular flexibility index (Phi) is 7.19. The summed E-state index contributed by atoms with van der Waals surface area (Å²) < 4.78 is 45.6. The summed E-state index contributed by atoms with van der Waals surface area (Å²) in [6.45, 7) is 3.67. The zero-order chi connectivity index (χ0) is 28.9. The minimum absolute atomic E-state index is 0.0722. The highest BCUT2D eigenvalue weighted by Crippen LogP contribution is 2.47. The second kappa shape index (κ2) is 9.87. The van der Waals surface area contributed by atoms with Crippen molar-refractivity contribution in [1.29, 1.82) is 5.26 Å². The Bertz CT molecular complexity index is 1390. The van der Waals surface area contributed by atoms with Gasteiger partial charge in [-0.3, -0.25) is 14.4 Å². The molecule has 206 valence electrons. The van der Waals surface area contributed by atoms with Crippen LogP contribution in [-0.4, -0.2) is 58.9 Å². The first-order chi connectivity index (χ1) is 18.1. The average molecular weight is 561 g/mol. The number of fused-ring (bicyclic) bond motifs is 2. The summed E-state index contributed by atoms with van der Waals surface area (Å²) in [5, 5.41) is 13.0. The maximum absolute atomic E-state index is 15.3. The number of carbonyl (C=O) groups is 3. The minimum Gasteiger partial charge on any atom is -0.328 e. The molecule has 1 fully saturated rings. The molecule has 39 heavy (non-hydrogen) atoms. The fraction of sp³-hybridized carbons (Fsp3) is 0.429. The number of rotatable bonds is 6. The minimum atomic E-state index is -4.00. The number of benzene rings is 2. The van der Waals surface area contributed by atoms with Crippen LogP contribution in [0.15, 0.2) is 42.5 Å². The molecule has 1 N–H and O–H groups in total. The number of hydrogen-bond donors (Lipinski definition) is 1. The number of halogens is 4. The van der Waals surface area contributed by atoms with Crippen LogP contribution >= 0.6 is 11.6 Å². The molecule has 0 unspecified atom stereocenters. The summed E-state index contributed by atoms with van der Waals surface area (Å²) in [5.74, 6) is -7.02. The van der Waals surface area contributed by atoms with E-state index in [1.54, 1.807) is 31.2 Å². The van der Waals surface area contributed by atoms with Crippen LogP contribution in [0.25, 0.3) is 0 Å². The van der Waals surface area contributed by atoms with Crippen molar-refractivity contribution in [2.24, 2.45) is 0 Å². The Hall–Kier alpha value is -3.58. The third-order valence-corrected chi connectivity index (χ3v) is 7.61. The molecule has 2 aromatic rings. The van der Waals surface area contributed by atoms with E-state index in [9.17, 15) is 24.0 Å². The lowest BCUT2D eigenvalue weighted by molar-refractivity contribution is -0.164. The normalized spacial score (nSPS) is 21.4. The molecule has 3 amide bonds. The number of anilines is 1. The smallest absolute Gasteiger partial charge is 0.328 e. The molecular formula is C28H28ClF3N4O3. The van der Waals surface area contributed by atoms with Crippen molar-refractivity contribution in [2.75, 3.05) is 18.9 Å². The molecule has 1 spiro atoms. The third-order valence-electron chi connectivity index (χ3n) is 7.37. The first kappa shape index (κ1) is 28.4. The summed E-state index contributed by atoms with van der Waals surface area (Å²) in [4.78, 5) is 41.8. The van der Waals surface area contributed by atoms with Crippen molar-refractivity contribution < 1.29 is 27.6 Å². The Labute approximate surface area is 229 Å². The predicted octanol–water partition coefficient (Wildman–Crippen LogP) is 4.72. The fourth-order valence-electron chi connectivity index (χ4n) is 5.37. The number of hydrogen-bond acceptors (Lipinski definition) is 4. The van der Waals surface area contributed by atoms with Gasteiger partial charge >= 0.3 is 5.92 Å². The third kappa shape index (κ3) is 5.08. The Morgan fingerprint density at radius 3 is 2.56 bits per heavy atom. The summed E-state index contributed by atoms with van der Waals surface area (Å²) in [5.41, 5.74) is -2.39. The average Bonchev–Trinajstić information content (AvgIpc) is 3.39. The van der Waals surface area contributed by atoms with E-state index in [-0.39, 0.29) is 13.0 Å². The van der Waals surface area contributed by atoms with Gasteiger partial charge in [0.1, 0.15) is 17.8 Å². The van der Waals surface area contributed by atoms with Crippen molar-refractivity contribution in [2.45, 2.75) is 62.7 Å². The molecule has 0 radical (unpaired) electrons. The van der Waals surface area contributed by atoms with Crippen LogP contribution in [0.3, 0.4) is 0 Å². The van der Waals surface area contributed by atoms with Gasteiger partial charge in [-0.1, -0.05) is 35.4 Å². The Morgan fingerprint density at radius 1 is 1.26 bits per heavy atom. The van der Waals surface area contributed by atoms with E-state index in [1.165, 1.54) is 26.0 Å². The van der Waals surface area contributed by atoms with Crippen LogP contribution in [0.2, 0.25) is 5.02 Å². The molecule has 0 aliphatic carbocycles. The first-order valence-electron chi connectivity index (χ1n) is 12.3. The van der Waals surface area contributed by atoms with Crippen LogP contribution in [0.1, 0.15) is 43.4 Å². The molecule has 7 nitrogen and oxygen atoms in total. The second-order valence-electron chi connectivity index (χ2n) is 10.8. The van der Waals surface area contributed by atoms with Gasteiger partial charge in [-0.2, -0.15) is 14.0 Å². The summed E-state index contributed by atoms with van der Waals surface area (Å²) in [6.07, 6.45) is -0.675. The van der Waals surface area contributed by atoms with Crippen LogP contribution < -0.4 is 5.32 Å². The van der Waals surface area contributed by atoms with Crippen LogP contribution in [0.5, 0.6) is 0 Å². The molecule has 11 heteroatoms. The Morgan fingerprint density at radius 2 is 1.95 bits per heavy atom. The predicted molar refractivity (Wildman–Crippen MR) is 139 cm³/mol.